The molecule has 2 aliphatic rings. The van der Waals surface area contributed by atoms with E-state index in [1.54, 1.807) is 11.8 Å². The van der Waals surface area contributed by atoms with E-state index in [-0.39, 0.29) is 11.4 Å². The molecule has 1 aliphatic carbocycles. The molecule has 0 bridgehead atoms. The number of rotatable bonds is 3. The van der Waals surface area contributed by atoms with Crippen LogP contribution in [0.2, 0.25) is 0 Å². The lowest BCUT2D eigenvalue weighted by molar-refractivity contribution is 0.0733. The van der Waals surface area contributed by atoms with Gasteiger partial charge in [0.1, 0.15) is 17.9 Å². The molecule has 3 aromatic heterocycles. The van der Waals surface area contributed by atoms with Gasteiger partial charge in [-0.2, -0.15) is 4.39 Å². The molecule has 144 valence electrons. The summed E-state index contributed by atoms with van der Waals surface area (Å²) in [6.07, 6.45) is 4.74. The molecule has 1 fully saturated rings. The third-order valence-electron chi connectivity index (χ3n) is 5.49. The van der Waals surface area contributed by atoms with Crippen LogP contribution in [0.3, 0.4) is 0 Å². The van der Waals surface area contributed by atoms with E-state index < -0.39 is 6.08 Å². The molecule has 0 unspecified atom stereocenters. The summed E-state index contributed by atoms with van der Waals surface area (Å²) in [5, 5.41) is 4.04. The zero-order valence-electron chi connectivity index (χ0n) is 15.6. The number of hydrogen-bond donors (Lipinski definition) is 1. The Labute approximate surface area is 160 Å². The second-order valence-electron chi connectivity index (χ2n) is 7.71. The Hall–Kier alpha value is -3.10. The van der Waals surface area contributed by atoms with Crippen LogP contribution in [0, 0.1) is 13.0 Å². The van der Waals surface area contributed by atoms with Crippen molar-refractivity contribution in [1.29, 1.82) is 0 Å². The number of anilines is 1. The first-order valence-corrected chi connectivity index (χ1v) is 9.25. The third-order valence-corrected chi connectivity index (χ3v) is 5.49. The lowest BCUT2D eigenvalue weighted by Gasteiger charge is -2.28. The number of carbonyl (C=O) groups is 1. The first kappa shape index (κ1) is 17.0. The van der Waals surface area contributed by atoms with Crippen LogP contribution in [0.25, 0.3) is 11.1 Å². The molecule has 1 aliphatic heterocycles. The normalized spacial score (nSPS) is 17.5. The Bertz CT molecular complexity index is 1110. The summed E-state index contributed by atoms with van der Waals surface area (Å²) in [6.45, 7) is 4.65. The largest absolute Gasteiger partial charge is 0.442 e. The van der Waals surface area contributed by atoms with Crippen molar-refractivity contribution in [3.63, 3.8) is 0 Å². The van der Waals surface area contributed by atoms with E-state index in [1.807, 2.05) is 0 Å². The van der Waals surface area contributed by atoms with Crippen LogP contribution in [-0.2, 0) is 13.0 Å². The molecule has 5 rings (SSSR count). The number of hydrogen-bond acceptors (Lipinski definition) is 7. The van der Waals surface area contributed by atoms with E-state index in [1.165, 1.54) is 12.5 Å². The van der Waals surface area contributed by atoms with E-state index in [4.69, 9.17) is 4.42 Å². The average Bonchev–Trinajstić information content (AvgIpc) is 3.29. The number of fused-ring (bicyclic) bond motifs is 2. The molecule has 1 amide bonds. The monoisotopic (exact) mass is 382 g/mol. The van der Waals surface area contributed by atoms with Crippen molar-refractivity contribution >= 4 is 22.8 Å². The van der Waals surface area contributed by atoms with Crippen molar-refractivity contribution in [2.24, 2.45) is 0 Å². The summed E-state index contributed by atoms with van der Waals surface area (Å²) in [6, 6.07) is 0. The minimum atomic E-state index is -0.739. The van der Waals surface area contributed by atoms with Gasteiger partial charge < -0.3 is 14.6 Å². The van der Waals surface area contributed by atoms with Gasteiger partial charge in [-0.3, -0.25) is 4.79 Å². The maximum Gasteiger partial charge on any atom is 0.308 e. The Kier molecular flexibility index (Phi) is 3.62. The van der Waals surface area contributed by atoms with Gasteiger partial charge in [0.2, 0.25) is 5.71 Å². The third kappa shape index (κ3) is 2.78. The second kappa shape index (κ2) is 5.95. The van der Waals surface area contributed by atoms with Crippen LogP contribution in [0.5, 0.6) is 0 Å². The van der Waals surface area contributed by atoms with Crippen LogP contribution in [-0.4, -0.2) is 42.8 Å². The van der Waals surface area contributed by atoms with E-state index in [0.717, 1.165) is 18.4 Å². The van der Waals surface area contributed by atoms with Crippen LogP contribution in [0.4, 0.5) is 10.2 Å². The van der Waals surface area contributed by atoms with Crippen molar-refractivity contribution in [2.45, 2.75) is 45.2 Å². The molecular weight excluding hydrogens is 363 g/mol. The highest BCUT2D eigenvalue weighted by atomic mass is 19.1. The van der Waals surface area contributed by atoms with Gasteiger partial charge in [-0.05, 0) is 26.7 Å². The number of nitrogens with zero attached hydrogens (tertiary/aromatic N) is 5. The maximum absolute atomic E-state index is 13.4. The number of aromatic nitrogens is 4. The standard InChI is InChI=1S/C19H19FN6O2/c1-10-13(14-15(25-19(2)4-5-19)22-9-23-16(14)28-10)17(27)26-6-3-12-11(8-26)7-21-18(20)24-12/h7,9H,3-6,8H2,1-2H3,(H,22,23,25). The molecule has 1 saturated carbocycles. The first-order valence-electron chi connectivity index (χ1n) is 9.25. The van der Waals surface area contributed by atoms with Gasteiger partial charge in [-0.15, -0.1) is 0 Å². The number of aryl methyl sites for hydroxylation is 1. The van der Waals surface area contributed by atoms with Gasteiger partial charge in [0, 0.05) is 36.8 Å². The molecule has 0 aromatic carbocycles. The van der Waals surface area contributed by atoms with Crippen LogP contribution >= 0.6 is 0 Å². The molecule has 0 spiro atoms. The molecule has 28 heavy (non-hydrogen) atoms. The van der Waals surface area contributed by atoms with Gasteiger partial charge in [0.15, 0.2) is 0 Å². The van der Waals surface area contributed by atoms with Crippen molar-refractivity contribution in [2.75, 3.05) is 11.9 Å². The van der Waals surface area contributed by atoms with E-state index in [0.29, 0.717) is 53.4 Å². The van der Waals surface area contributed by atoms with Crippen molar-refractivity contribution in [1.82, 2.24) is 24.8 Å². The number of amides is 1. The van der Waals surface area contributed by atoms with Gasteiger partial charge in [-0.1, -0.05) is 0 Å². The predicted octanol–water partition coefficient (Wildman–Crippen LogP) is 2.62. The fourth-order valence-electron chi connectivity index (χ4n) is 3.62. The lowest BCUT2D eigenvalue weighted by atomic mass is 10.0. The summed E-state index contributed by atoms with van der Waals surface area (Å²) in [5.74, 6) is 0.962. The van der Waals surface area contributed by atoms with Gasteiger partial charge in [0.25, 0.3) is 5.91 Å². The smallest absolute Gasteiger partial charge is 0.308 e. The number of nitrogens with one attached hydrogen (secondary N) is 1. The van der Waals surface area contributed by atoms with Gasteiger partial charge >= 0.3 is 6.08 Å². The number of carbonyl (C=O) groups excluding carboxylic acids is 1. The zero-order chi connectivity index (χ0) is 19.5. The Morgan fingerprint density at radius 1 is 1.32 bits per heavy atom. The van der Waals surface area contributed by atoms with Gasteiger partial charge in [0.05, 0.1) is 16.6 Å². The van der Waals surface area contributed by atoms with Crippen molar-refractivity contribution in [3.8, 4) is 0 Å². The number of furan rings is 1. The molecule has 0 saturated heterocycles. The van der Waals surface area contributed by atoms with Crippen LogP contribution in [0.15, 0.2) is 16.9 Å². The van der Waals surface area contributed by atoms with Gasteiger partial charge in [-0.25, -0.2) is 19.9 Å². The highest BCUT2D eigenvalue weighted by Crippen LogP contribution is 2.40. The Morgan fingerprint density at radius 2 is 2.14 bits per heavy atom. The summed E-state index contributed by atoms with van der Waals surface area (Å²) < 4.78 is 19.0. The Balaban J connectivity index is 1.53. The molecule has 1 N–H and O–H groups in total. The molecular formula is C19H19FN6O2. The number of halogens is 1. The predicted molar refractivity (Wildman–Crippen MR) is 98.2 cm³/mol. The molecule has 0 radical (unpaired) electrons. The highest BCUT2D eigenvalue weighted by Gasteiger charge is 2.39. The van der Waals surface area contributed by atoms with Crippen molar-refractivity contribution < 1.29 is 13.6 Å². The van der Waals surface area contributed by atoms with Crippen molar-refractivity contribution in [3.05, 3.63) is 41.2 Å². The van der Waals surface area contributed by atoms with E-state index in [2.05, 4.69) is 32.2 Å². The van der Waals surface area contributed by atoms with E-state index >= 15 is 0 Å². The van der Waals surface area contributed by atoms with E-state index in [9.17, 15) is 9.18 Å². The average molecular weight is 382 g/mol. The summed E-state index contributed by atoms with van der Waals surface area (Å²) in [5.41, 5.74) is 2.27. The topological polar surface area (TPSA) is 97.0 Å². The minimum Gasteiger partial charge on any atom is -0.442 e. The fraction of sp³-hybridized carbons (Fsp3) is 0.421. The molecule has 3 aromatic rings. The molecule has 9 heteroatoms. The molecule has 0 atom stereocenters. The lowest BCUT2D eigenvalue weighted by Crippen LogP contribution is -2.37. The molecule has 4 heterocycles. The van der Waals surface area contributed by atoms with Crippen LogP contribution in [0.1, 0.15) is 47.1 Å². The Morgan fingerprint density at radius 3 is 2.93 bits per heavy atom. The quantitative estimate of drug-likeness (QED) is 0.696. The molecule has 8 nitrogen and oxygen atoms in total. The summed E-state index contributed by atoms with van der Waals surface area (Å²) in [4.78, 5) is 31.1. The fourth-order valence-corrected chi connectivity index (χ4v) is 3.62. The maximum atomic E-state index is 13.4. The SMILES string of the molecule is Cc1oc2ncnc(NC3(C)CC3)c2c1C(=O)N1CCc2nc(F)ncc2C1. The summed E-state index contributed by atoms with van der Waals surface area (Å²) in [7, 11) is 0. The highest BCUT2D eigenvalue weighted by molar-refractivity contribution is 6.10. The minimum absolute atomic E-state index is 0.00173. The van der Waals surface area contributed by atoms with Crippen LogP contribution < -0.4 is 5.32 Å². The summed E-state index contributed by atoms with van der Waals surface area (Å²) >= 11 is 0. The first-order chi connectivity index (χ1) is 13.4. The zero-order valence-corrected chi connectivity index (χ0v) is 15.6. The second-order valence-corrected chi connectivity index (χ2v) is 7.71.